The number of hydrogen-bond donors (Lipinski definition) is 2. The molecule has 3 rings (SSSR count). The quantitative estimate of drug-likeness (QED) is 0.851. The minimum Gasteiger partial charge on any atom is -0.488 e. The number of carboxylic acids is 1. The van der Waals surface area contributed by atoms with Gasteiger partial charge in [-0.05, 0) is 18.2 Å². The molecule has 1 aromatic carbocycles. The van der Waals surface area contributed by atoms with Gasteiger partial charge >= 0.3 is 5.97 Å². The first-order valence-corrected chi connectivity index (χ1v) is 6.63. The molecule has 1 fully saturated rings. The molecule has 2 N–H and O–H groups in total. The second-order valence-corrected chi connectivity index (χ2v) is 5.39. The number of aliphatic hydroxyl groups excluding tert-OH is 1. The third-order valence-electron chi connectivity index (χ3n) is 3.87. The van der Waals surface area contributed by atoms with E-state index in [9.17, 15) is 14.3 Å². The van der Waals surface area contributed by atoms with Crippen molar-refractivity contribution in [2.75, 3.05) is 13.1 Å². The van der Waals surface area contributed by atoms with Crippen molar-refractivity contribution in [1.82, 2.24) is 4.90 Å². The van der Waals surface area contributed by atoms with Gasteiger partial charge in [0.05, 0.1) is 6.10 Å². The van der Waals surface area contributed by atoms with Gasteiger partial charge in [-0.25, -0.2) is 4.39 Å². The number of aliphatic carboxylic acids is 1. The summed E-state index contributed by atoms with van der Waals surface area (Å²) >= 11 is 0. The van der Waals surface area contributed by atoms with E-state index in [1.165, 1.54) is 12.1 Å². The Kier molecular flexibility index (Phi) is 3.35. The molecule has 2 aliphatic rings. The summed E-state index contributed by atoms with van der Waals surface area (Å²) in [5.41, 5.74) is 0.807. The van der Waals surface area contributed by atoms with E-state index in [0.717, 1.165) is 5.56 Å². The first-order valence-electron chi connectivity index (χ1n) is 6.63. The number of benzene rings is 1. The van der Waals surface area contributed by atoms with Crippen LogP contribution < -0.4 is 4.74 Å². The van der Waals surface area contributed by atoms with Crippen molar-refractivity contribution in [2.24, 2.45) is 0 Å². The largest absolute Gasteiger partial charge is 0.488 e. The SMILES string of the molecule is O=C(O)C1CC(O)CN1CC1Cc2cc(F)ccc2O1. The Morgan fingerprint density at radius 2 is 2.30 bits per heavy atom. The average molecular weight is 281 g/mol. The van der Waals surface area contributed by atoms with Crippen LogP contribution in [0.5, 0.6) is 5.75 Å². The Labute approximate surface area is 115 Å². The number of ether oxygens (including phenoxy) is 1. The molecule has 1 aromatic rings. The lowest BCUT2D eigenvalue weighted by Gasteiger charge is -2.23. The highest BCUT2D eigenvalue weighted by Crippen LogP contribution is 2.30. The molecule has 3 atom stereocenters. The van der Waals surface area contributed by atoms with Crippen LogP contribution >= 0.6 is 0 Å². The van der Waals surface area contributed by atoms with E-state index in [1.54, 1.807) is 11.0 Å². The van der Waals surface area contributed by atoms with Gasteiger partial charge < -0.3 is 14.9 Å². The maximum absolute atomic E-state index is 13.1. The Morgan fingerprint density at radius 3 is 3.05 bits per heavy atom. The molecule has 3 unspecified atom stereocenters. The lowest BCUT2D eigenvalue weighted by Crippen LogP contribution is -2.42. The second kappa shape index (κ2) is 5.03. The smallest absolute Gasteiger partial charge is 0.321 e. The Bertz CT molecular complexity index is 536. The molecular weight excluding hydrogens is 265 g/mol. The molecule has 2 heterocycles. The van der Waals surface area contributed by atoms with Crippen LogP contribution in [0.15, 0.2) is 18.2 Å². The fourth-order valence-electron chi connectivity index (χ4n) is 2.99. The maximum Gasteiger partial charge on any atom is 0.321 e. The summed E-state index contributed by atoms with van der Waals surface area (Å²) < 4.78 is 18.8. The van der Waals surface area contributed by atoms with Crippen LogP contribution in [-0.2, 0) is 11.2 Å². The molecule has 0 bridgehead atoms. The van der Waals surface area contributed by atoms with Gasteiger partial charge in [0.2, 0.25) is 0 Å². The van der Waals surface area contributed by atoms with E-state index in [0.29, 0.717) is 25.3 Å². The van der Waals surface area contributed by atoms with Crippen LogP contribution in [0.2, 0.25) is 0 Å². The third kappa shape index (κ3) is 2.48. The molecule has 0 spiro atoms. The number of nitrogens with zero attached hydrogens (tertiary/aromatic N) is 1. The molecule has 5 nitrogen and oxygen atoms in total. The average Bonchev–Trinajstić information content (AvgIpc) is 2.92. The van der Waals surface area contributed by atoms with Crippen molar-refractivity contribution in [3.63, 3.8) is 0 Å². The molecule has 108 valence electrons. The first kappa shape index (κ1) is 13.3. The standard InChI is InChI=1S/C14H16FNO4/c15-9-1-2-13-8(3-9)4-11(20-13)7-16-6-10(17)5-12(16)14(18)19/h1-3,10-12,17H,4-7H2,(H,18,19). The maximum atomic E-state index is 13.1. The predicted molar refractivity (Wildman–Crippen MR) is 68.1 cm³/mol. The topological polar surface area (TPSA) is 70.0 Å². The fraction of sp³-hybridized carbons (Fsp3) is 0.500. The highest BCUT2D eigenvalue weighted by Gasteiger charge is 2.38. The van der Waals surface area contributed by atoms with Gasteiger partial charge in [-0.3, -0.25) is 9.69 Å². The molecule has 0 amide bonds. The van der Waals surface area contributed by atoms with Crippen molar-refractivity contribution in [2.45, 2.75) is 31.1 Å². The van der Waals surface area contributed by atoms with E-state index in [-0.39, 0.29) is 18.3 Å². The molecule has 0 radical (unpaired) electrons. The van der Waals surface area contributed by atoms with Crippen molar-refractivity contribution >= 4 is 5.97 Å². The number of carbonyl (C=O) groups is 1. The van der Waals surface area contributed by atoms with Crippen LogP contribution in [0.3, 0.4) is 0 Å². The zero-order chi connectivity index (χ0) is 14.3. The summed E-state index contributed by atoms with van der Waals surface area (Å²) in [7, 11) is 0. The predicted octanol–water partition coefficient (Wildman–Crippen LogP) is 0.649. The summed E-state index contributed by atoms with van der Waals surface area (Å²) in [6.45, 7) is 0.756. The summed E-state index contributed by atoms with van der Waals surface area (Å²) in [6, 6.07) is 3.72. The van der Waals surface area contributed by atoms with E-state index >= 15 is 0 Å². The molecule has 0 saturated carbocycles. The third-order valence-corrected chi connectivity index (χ3v) is 3.87. The number of aliphatic hydroxyl groups is 1. The number of fused-ring (bicyclic) bond motifs is 1. The van der Waals surface area contributed by atoms with E-state index in [4.69, 9.17) is 9.84 Å². The van der Waals surface area contributed by atoms with Crippen molar-refractivity contribution in [3.8, 4) is 5.75 Å². The van der Waals surface area contributed by atoms with Crippen LogP contribution in [-0.4, -0.2) is 52.4 Å². The Hall–Kier alpha value is -1.66. The van der Waals surface area contributed by atoms with Crippen LogP contribution in [0.1, 0.15) is 12.0 Å². The zero-order valence-corrected chi connectivity index (χ0v) is 10.8. The summed E-state index contributed by atoms with van der Waals surface area (Å²) in [4.78, 5) is 12.9. The first-order chi connectivity index (χ1) is 9.52. The number of rotatable bonds is 3. The van der Waals surface area contributed by atoms with E-state index in [2.05, 4.69) is 0 Å². The molecular formula is C14H16FNO4. The molecule has 20 heavy (non-hydrogen) atoms. The van der Waals surface area contributed by atoms with Gasteiger partial charge in [0.25, 0.3) is 0 Å². The number of likely N-dealkylation sites (tertiary alicyclic amines) is 1. The number of carboxylic acid groups (broad SMARTS) is 1. The summed E-state index contributed by atoms with van der Waals surface area (Å²) in [6.07, 6.45) is -0.00776. The van der Waals surface area contributed by atoms with Gasteiger partial charge in [-0.2, -0.15) is 0 Å². The summed E-state index contributed by atoms with van der Waals surface area (Å²) in [5, 5.41) is 18.7. The second-order valence-electron chi connectivity index (χ2n) is 5.39. The van der Waals surface area contributed by atoms with Gasteiger partial charge in [0, 0.05) is 31.5 Å². The van der Waals surface area contributed by atoms with Crippen molar-refractivity contribution in [3.05, 3.63) is 29.6 Å². The molecule has 0 aliphatic carbocycles. The minimum absolute atomic E-state index is 0.195. The van der Waals surface area contributed by atoms with Gasteiger partial charge in [-0.15, -0.1) is 0 Å². The Balaban J connectivity index is 1.67. The van der Waals surface area contributed by atoms with Crippen LogP contribution in [0.4, 0.5) is 4.39 Å². The molecule has 0 aromatic heterocycles. The zero-order valence-electron chi connectivity index (χ0n) is 10.8. The number of hydrogen-bond acceptors (Lipinski definition) is 4. The van der Waals surface area contributed by atoms with Crippen LogP contribution in [0.25, 0.3) is 0 Å². The van der Waals surface area contributed by atoms with E-state index in [1.807, 2.05) is 0 Å². The highest BCUT2D eigenvalue weighted by molar-refractivity contribution is 5.74. The lowest BCUT2D eigenvalue weighted by atomic mass is 10.1. The highest BCUT2D eigenvalue weighted by atomic mass is 19.1. The minimum atomic E-state index is -0.928. The number of β-amino-alcohol motifs (C(OH)–C–C–N with tert-alkyl or cyclic N) is 1. The number of halogens is 1. The monoisotopic (exact) mass is 281 g/mol. The van der Waals surface area contributed by atoms with E-state index < -0.39 is 18.1 Å². The Morgan fingerprint density at radius 1 is 1.50 bits per heavy atom. The van der Waals surface area contributed by atoms with Gasteiger partial charge in [-0.1, -0.05) is 0 Å². The van der Waals surface area contributed by atoms with Gasteiger partial charge in [0.1, 0.15) is 23.7 Å². The molecule has 1 saturated heterocycles. The van der Waals surface area contributed by atoms with Crippen molar-refractivity contribution < 1.29 is 24.1 Å². The van der Waals surface area contributed by atoms with Crippen molar-refractivity contribution in [1.29, 1.82) is 0 Å². The molecule has 6 heteroatoms. The van der Waals surface area contributed by atoms with Crippen LogP contribution in [0, 0.1) is 5.82 Å². The summed E-state index contributed by atoms with van der Waals surface area (Å²) in [5.74, 6) is -0.570. The molecule has 2 aliphatic heterocycles. The normalized spacial score (nSPS) is 29.2. The lowest BCUT2D eigenvalue weighted by molar-refractivity contribution is -0.142. The van der Waals surface area contributed by atoms with Gasteiger partial charge in [0.15, 0.2) is 0 Å². The fourth-order valence-corrected chi connectivity index (χ4v) is 2.99.